The minimum atomic E-state index is -3.83. The van der Waals surface area contributed by atoms with Crippen LogP contribution in [0, 0.1) is 13.8 Å². The molecule has 0 heterocycles. The lowest BCUT2D eigenvalue weighted by atomic mass is 9.92. The van der Waals surface area contributed by atoms with Gasteiger partial charge in [0.1, 0.15) is 0 Å². The first-order chi connectivity index (χ1) is 12.6. The Balaban J connectivity index is 2.99. The first-order valence-corrected chi connectivity index (χ1v) is 11.0. The van der Waals surface area contributed by atoms with E-state index in [1.165, 1.54) is 0 Å². The van der Waals surface area contributed by atoms with Gasteiger partial charge in [-0.1, -0.05) is 32.8 Å². The van der Waals surface area contributed by atoms with Gasteiger partial charge in [-0.25, -0.2) is 17.9 Å². The van der Waals surface area contributed by atoms with Crippen LogP contribution in [0.25, 0.3) is 0 Å². The topological polar surface area (TPSA) is 118 Å². The lowest BCUT2D eigenvalue weighted by Gasteiger charge is -2.19. The molecule has 1 aromatic rings. The van der Waals surface area contributed by atoms with E-state index < -0.39 is 22.0 Å². The molecule has 0 saturated heterocycles. The third kappa shape index (κ3) is 7.21. The summed E-state index contributed by atoms with van der Waals surface area (Å²) in [6, 6.07) is 1.39. The molecule has 0 aromatic heterocycles. The van der Waals surface area contributed by atoms with Gasteiger partial charge in [-0.05, 0) is 55.4 Å². The van der Waals surface area contributed by atoms with Crippen LogP contribution in [0.2, 0.25) is 0 Å². The standard InChI is InChI=1S/C19H31N3O4S/c1-5-8-15-12-16(9-6-2)14(4)18(13(15)3)21-19(24)22-27(25,26)11-7-10-17(20)23/h12H,5-11H2,1-4H3,(H2,20,23)(H2,21,22,24). The second-order valence-corrected chi connectivity index (χ2v) is 8.61. The van der Waals surface area contributed by atoms with E-state index in [1.54, 1.807) is 0 Å². The highest BCUT2D eigenvalue weighted by Gasteiger charge is 2.18. The molecule has 1 rings (SSSR count). The molecule has 0 atom stereocenters. The van der Waals surface area contributed by atoms with E-state index in [1.807, 2.05) is 18.6 Å². The lowest BCUT2D eigenvalue weighted by Crippen LogP contribution is -2.36. The number of nitrogens with two attached hydrogens (primary N) is 1. The van der Waals surface area contributed by atoms with Gasteiger partial charge in [0, 0.05) is 12.1 Å². The number of carbonyl (C=O) groups is 2. The van der Waals surface area contributed by atoms with Crippen LogP contribution in [0.1, 0.15) is 61.8 Å². The lowest BCUT2D eigenvalue weighted by molar-refractivity contribution is -0.118. The highest BCUT2D eigenvalue weighted by atomic mass is 32.2. The monoisotopic (exact) mass is 397 g/mol. The van der Waals surface area contributed by atoms with Gasteiger partial charge < -0.3 is 11.1 Å². The van der Waals surface area contributed by atoms with E-state index in [4.69, 9.17) is 5.73 Å². The molecular weight excluding hydrogens is 366 g/mol. The number of aryl methyl sites for hydroxylation is 2. The molecule has 0 unspecified atom stereocenters. The molecule has 8 heteroatoms. The fourth-order valence-electron chi connectivity index (χ4n) is 3.04. The summed E-state index contributed by atoms with van der Waals surface area (Å²) >= 11 is 0. The summed E-state index contributed by atoms with van der Waals surface area (Å²) < 4.78 is 26.0. The number of primary amides is 1. The predicted octanol–water partition coefficient (Wildman–Crippen LogP) is 2.93. The molecule has 0 aliphatic heterocycles. The number of urea groups is 1. The number of sulfonamides is 1. The first-order valence-electron chi connectivity index (χ1n) is 9.33. The molecule has 0 spiro atoms. The summed E-state index contributed by atoms with van der Waals surface area (Å²) in [5.41, 5.74) is 9.89. The maximum atomic E-state index is 12.3. The number of rotatable bonds is 10. The third-order valence-electron chi connectivity index (χ3n) is 4.42. The van der Waals surface area contributed by atoms with Crippen molar-refractivity contribution in [2.75, 3.05) is 11.1 Å². The van der Waals surface area contributed by atoms with Gasteiger partial charge >= 0.3 is 6.03 Å². The number of benzene rings is 1. The van der Waals surface area contributed by atoms with Crippen LogP contribution in [0.4, 0.5) is 10.5 Å². The quantitative estimate of drug-likeness (QED) is 0.562. The maximum absolute atomic E-state index is 12.3. The van der Waals surface area contributed by atoms with Gasteiger partial charge in [0.05, 0.1) is 5.75 Å². The van der Waals surface area contributed by atoms with E-state index in [0.717, 1.165) is 47.9 Å². The average molecular weight is 398 g/mol. The molecule has 0 fully saturated rings. The Bertz CT molecular complexity index is 758. The zero-order valence-corrected chi connectivity index (χ0v) is 17.5. The zero-order chi connectivity index (χ0) is 20.6. The van der Waals surface area contributed by atoms with Crippen molar-refractivity contribution >= 4 is 27.6 Å². The smallest absolute Gasteiger partial charge is 0.332 e. The largest absolute Gasteiger partial charge is 0.370 e. The molecule has 1 aromatic carbocycles. The van der Waals surface area contributed by atoms with E-state index >= 15 is 0 Å². The number of hydrogen-bond acceptors (Lipinski definition) is 4. The van der Waals surface area contributed by atoms with Gasteiger partial charge in [0.15, 0.2) is 0 Å². The van der Waals surface area contributed by atoms with Crippen molar-refractivity contribution in [2.45, 2.75) is 66.2 Å². The Labute approximate surface area is 162 Å². The second kappa shape index (κ2) is 10.3. The van der Waals surface area contributed by atoms with E-state index in [9.17, 15) is 18.0 Å². The van der Waals surface area contributed by atoms with Gasteiger partial charge in [0.25, 0.3) is 0 Å². The molecule has 0 aliphatic rings. The summed E-state index contributed by atoms with van der Waals surface area (Å²) in [6.45, 7) is 8.06. The molecule has 0 aliphatic carbocycles. The molecular formula is C19H31N3O4S. The van der Waals surface area contributed by atoms with Gasteiger partial charge in [0.2, 0.25) is 15.9 Å². The maximum Gasteiger partial charge on any atom is 0.332 e. The van der Waals surface area contributed by atoms with Crippen molar-refractivity contribution in [3.8, 4) is 0 Å². The summed E-state index contributed by atoms with van der Waals surface area (Å²) in [5.74, 6) is -0.907. The minimum absolute atomic E-state index is 0.0415. The second-order valence-electron chi connectivity index (χ2n) is 6.76. The van der Waals surface area contributed by atoms with Crippen molar-refractivity contribution in [1.29, 1.82) is 0 Å². The molecule has 0 radical (unpaired) electrons. The Morgan fingerprint density at radius 2 is 1.56 bits per heavy atom. The molecule has 3 amide bonds. The molecule has 27 heavy (non-hydrogen) atoms. The summed E-state index contributed by atoms with van der Waals surface area (Å²) in [6.07, 6.45) is 3.78. The van der Waals surface area contributed by atoms with Gasteiger partial charge in [-0.2, -0.15) is 0 Å². The van der Waals surface area contributed by atoms with E-state index in [0.29, 0.717) is 5.69 Å². The molecule has 0 saturated carbocycles. The highest BCUT2D eigenvalue weighted by Crippen LogP contribution is 2.29. The Hall–Kier alpha value is -2.09. The Morgan fingerprint density at radius 1 is 1.04 bits per heavy atom. The molecule has 7 nitrogen and oxygen atoms in total. The van der Waals surface area contributed by atoms with Gasteiger partial charge in [-0.15, -0.1) is 0 Å². The zero-order valence-electron chi connectivity index (χ0n) is 16.6. The Kier molecular flexibility index (Phi) is 8.75. The van der Waals surface area contributed by atoms with Gasteiger partial charge in [-0.3, -0.25) is 4.79 Å². The summed E-state index contributed by atoms with van der Waals surface area (Å²) in [7, 11) is -3.83. The van der Waals surface area contributed by atoms with Crippen molar-refractivity contribution in [3.63, 3.8) is 0 Å². The van der Waals surface area contributed by atoms with E-state index in [-0.39, 0.29) is 18.6 Å². The van der Waals surface area contributed by atoms with Crippen LogP contribution in [0.5, 0.6) is 0 Å². The average Bonchev–Trinajstić information content (AvgIpc) is 2.55. The number of hydrogen-bond donors (Lipinski definition) is 3. The third-order valence-corrected chi connectivity index (χ3v) is 5.75. The van der Waals surface area contributed by atoms with Crippen LogP contribution in [0.3, 0.4) is 0 Å². The fraction of sp³-hybridized carbons (Fsp3) is 0.579. The van der Waals surface area contributed by atoms with Crippen molar-refractivity contribution in [3.05, 3.63) is 28.3 Å². The Morgan fingerprint density at radius 3 is 2.00 bits per heavy atom. The molecule has 152 valence electrons. The normalized spacial score (nSPS) is 11.3. The van der Waals surface area contributed by atoms with Crippen molar-refractivity contribution < 1.29 is 18.0 Å². The van der Waals surface area contributed by atoms with Crippen molar-refractivity contribution in [2.24, 2.45) is 5.73 Å². The minimum Gasteiger partial charge on any atom is -0.370 e. The van der Waals surface area contributed by atoms with Crippen LogP contribution >= 0.6 is 0 Å². The first kappa shape index (κ1) is 23.0. The van der Waals surface area contributed by atoms with Crippen LogP contribution in [-0.2, 0) is 27.7 Å². The van der Waals surface area contributed by atoms with E-state index in [2.05, 4.69) is 25.2 Å². The predicted molar refractivity (Wildman–Crippen MR) is 108 cm³/mol. The van der Waals surface area contributed by atoms with Crippen LogP contribution in [-0.4, -0.2) is 26.1 Å². The highest BCUT2D eigenvalue weighted by molar-refractivity contribution is 7.90. The SMILES string of the molecule is CCCc1cc(CCC)c(C)c(NC(=O)NS(=O)(=O)CCCC(N)=O)c1C. The number of carbonyl (C=O) groups excluding carboxylic acids is 2. The molecule has 0 bridgehead atoms. The van der Waals surface area contributed by atoms with Crippen LogP contribution < -0.4 is 15.8 Å². The number of anilines is 1. The number of nitrogens with one attached hydrogen (secondary N) is 2. The molecule has 4 N–H and O–H groups in total. The fourth-order valence-corrected chi connectivity index (χ4v) is 4.00. The number of amides is 3. The summed E-state index contributed by atoms with van der Waals surface area (Å²) in [4.78, 5) is 23.0. The van der Waals surface area contributed by atoms with Crippen LogP contribution in [0.15, 0.2) is 6.07 Å². The van der Waals surface area contributed by atoms with Crippen molar-refractivity contribution in [1.82, 2.24) is 4.72 Å². The summed E-state index contributed by atoms with van der Waals surface area (Å²) in [5, 5.41) is 2.71.